The minimum Gasteiger partial charge on any atom is -0.398 e. The first kappa shape index (κ1) is 18.5. The van der Waals surface area contributed by atoms with Crippen LogP contribution in [0.3, 0.4) is 0 Å². The number of aliphatic imine (C=N–C) groups is 1. The van der Waals surface area contributed by atoms with Crippen LogP contribution < -0.4 is 5.73 Å². The molecule has 2 heteroatoms. The van der Waals surface area contributed by atoms with Crippen molar-refractivity contribution in [2.45, 2.75) is 27.7 Å². The maximum absolute atomic E-state index is 5.51. The summed E-state index contributed by atoms with van der Waals surface area (Å²) >= 11 is 0. The van der Waals surface area contributed by atoms with Crippen molar-refractivity contribution in [3.8, 4) is 0 Å². The van der Waals surface area contributed by atoms with E-state index in [0.29, 0.717) is 5.70 Å². The molecule has 0 saturated heterocycles. The number of nitrogens with two attached hydrogens (primary N) is 1. The normalized spacial score (nSPS) is 10.1. The van der Waals surface area contributed by atoms with Crippen molar-refractivity contribution in [3.63, 3.8) is 0 Å². The molecule has 0 aromatic rings. The van der Waals surface area contributed by atoms with Crippen LogP contribution in [0.2, 0.25) is 0 Å². The number of hydrogen-bond donors (Lipinski definition) is 1. The molecule has 0 spiro atoms. The highest BCUT2D eigenvalue weighted by atomic mass is 14.6. The first-order valence-corrected chi connectivity index (χ1v) is 4.93. The average Bonchev–Trinajstić information content (AvgIpc) is 2.30. The Kier molecular flexibility index (Phi) is 23.3. The second-order valence-electron chi connectivity index (χ2n) is 1.71. The topological polar surface area (TPSA) is 38.4 Å². The lowest BCUT2D eigenvalue weighted by atomic mass is 10.2. The van der Waals surface area contributed by atoms with E-state index in [4.69, 9.17) is 5.73 Å². The first-order chi connectivity index (χ1) is 6.76. The zero-order valence-corrected chi connectivity index (χ0v) is 10.2. The van der Waals surface area contributed by atoms with Gasteiger partial charge in [-0.1, -0.05) is 46.9 Å². The summed E-state index contributed by atoms with van der Waals surface area (Å²) in [6.07, 6.45) is 4.85. The first-order valence-electron chi connectivity index (χ1n) is 4.93. The second kappa shape index (κ2) is 17.7. The molecule has 0 heterocycles. The van der Waals surface area contributed by atoms with E-state index in [-0.39, 0.29) is 0 Å². The van der Waals surface area contributed by atoms with Crippen molar-refractivity contribution in [3.05, 3.63) is 36.6 Å². The van der Waals surface area contributed by atoms with E-state index in [9.17, 15) is 0 Å². The highest BCUT2D eigenvalue weighted by Gasteiger charge is 1.88. The Bertz CT molecular complexity index is 188. The molecule has 0 amide bonds. The zero-order valence-electron chi connectivity index (χ0n) is 10.2. The van der Waals surface area contributed by atoms with E-state index < -0.39 is 0 Å². The molecule has 2 nitrogen and oxygen atoms in total. The van der Waals surface area contributed by atoms with Crippen molar-refractivity contribution in [2.24, 2.45) is 10.7 Å². The van der Waals surface area contributed by atoms with Crippen LogP contribution in [0.25, 0.3) is 0 Å². The standard InChI is InChI=1S/C8H12N2.2C2H6/c1-4-7(6-10-3)8(9)5-2;2*1-2/h4-6H,1-2,9H2,3H3;2*1-2H3/b8-7-,10-6?;;. The Morgan fingerprint density at radius 1 is 1.07 bits per heavy atom. The maximum Gasteiger partial charge on any atom is 0.0396 e. The van der Waals surface area contributed by atoms with E-state index in [2.05, 4.69) is 18.2 Å². The van der Waals surface area contributed by atoms with Gasteiger partial charge in [0.1, 0.15) is 0 Å². The van der Waals surface area contributed by atoms with Gasteiger partial charge in [0, 0.05) is 24.5 Å². The Morgan fingerprint density at radius 3 is 1.71 bits per heavy atom. The zero-order chi connectivity index (χ0) is 12.0. The van der Waals surface area contributed by atoms with Crippen LogP contribution in [0, 0.1) is 0 Å². The lowest BCUT2D eigenvalue weighted by Gasteiger charge is -1.94. The van der Waals surface area contributed by atoms with Crippen molar-refractivity contribution < 1.29 is 0 Å². The number of allylic oxidation sites excluding steroid dienone is 3. The van der Waals surface area contributed by atoms with Crippen molar-refractivity contribution in [1.82, 2.24) is 0 Å². The SMILES string of the molecule is C=C/C(N)=C(\C=C)C=NC.CC.CC. The molecule has 0 aromatic heterocycles. The highest BCUT2D eigenvalue weighted by Crippen LogP contribution is 1.96. The lowest BCUT2D eigenvalue weighted by Crippen LogP contribution is -1.98. The Labute approximate surface area is 88.9 Å². The summed E-state index contributed by atoms with van der Waals surface area (Å²) in [6, 6.07) is 0. The van der Waals surface area contributed by atoms with Gasteiger partial charge in [0.25, 0.3) is 0 Å². The van der Waals surface area contributed by atoms with Crippen molar-refractivity contribution in [1.29, 1.82) is 0 Å². The summed E-state index contributed by atoms with van der Waals surface area (Å²) in [7, 11) is 1.68. The molecule has 0 aliphatic heterocycles. The summed E-state index contributed by atoms with van der Waals surface area (Å²) < 4.78 is 0. The van der Waals surface area contributed by atoms with Gasteiger partial charge >= 0.3 is 0 Å². The monoisotopic (exact) mass is 196 g/mol. The fourth-order valence-corrected chi connectivity index (χ4v) is 0.502. The molecule has 0 aliphatic carbocycles. The van der Waals surface area contributed by atoms with Gasteiger partial charge in [-0.3, -0.25) is 4.99 Å². The van der Waals surface area contributed by atoms with Crippen LogP contribution in [-0.2, 0) is 0 Å². The third-order valence-electron chi connectivity index (χ3n) is 1.04. The average molecular weight is 196 g/mol. The summed E-state index contributed by atoms with van der Waals surface area (Å²) in [5.41, 5.74) is 6.91. The van der Waals surface area contributed by atoms with Crippen LogP contribution in [-0.4, -0.2) is 13.3 Å². The lowest BCUT2D eigenvalue weighted by molar-refractivity contribution is 1.39. The fourth-order valence-electron chi connectivity index (χ4n) is 0.502. The molecule has 14 heavy (non-hydrogen) atoms. The Morgan fingerprint density at radius 2 is 1.50 bits per heavy atom. The van der Waals surface area contributed by atoms with E-state index >= 15 is 0 Å². The van der Waals surface area contributed by atoms with Crippen LogP contribution in [0.15, 0.2) is 41.6 Å². The van der Waals surface area contributed by atoms with Gasteiger partial charge in [-0.25, -0.2) is 0 Å². The van der Waals surface area contributed by atoms with Gasteiger partial charge in [-0.2, -0.15) is 0 Å². The largest absolute Gasteiger partial charge is 0.398 e. The molecule has 0 rings (SSSR count). The van der Waals surface area contributed by atoms with Gasteiger partial charge < -0.3 is 5.73 Å². The van der Waals surface area contributed by atoms with Crippen molar-refractivity contribution >= 4 is 6.21 Å². The number of rotatable bonds is 3. The third-order valence-corrected chi connectivity index (χ3v) is 1.04. The molecule has 0 aliphatic rings. The molecule has 0 radical (unpaired) electrons. The van der Waals surface area contributed by atoms with E-state index in [1.165, 1.54) is 0 Å². The molecule has 0 saturated carbocycles. The van der Waals surface area contributed by atoms with Crippen LogP contribution in [0.5, 0.6) is 0 Å². The van der Waals surface area contributed by atoms with Crippen LogP contribution >= 0.6 is 0 Å². The highest BCUT2D eigenvalue weighted by molar-refractivity contribution is 5.83. The third kappa shape index (κ3) is 10.7. The summed E-state index contributed by atoms with van der Waals surface area (Å²) in [4.78, 5) is 3.79. The summed E-state index contributed by atoms with van der Waals surface area (Å²) in [5.74, 6) is 0. The predicted octanol–water partition coefficient (Wildman–Crippen LogP) is 3.32. The molecular weight excluding hydrogens is 172 g/mol. The number of hydrogen-bond acceptors (Lipinski definition) is 2. The second-order valence-corrected chi connectivity index (χ2v) is 1.71. The minimum absolute atomic E-state index is 0.598. The smallest absolute Gasteiger partial charge is 0.0396 e. The number of nitrogens with zero attached hydrogens (tertiary/aromatic N) is 1. The van der Waals surface area contributed by atoms with Crippen LogP contribution in [0.4, 0.5) is 0 Å². The van der Waals surface area contributed by atoms with Gasteiger partial charge in [-0.15, -0.1) is 0 Å². The molecular formula is C12H24N2. The molecule has 82 valence electrons. The molecule has 0 fully saturated rings. The molecule has 0 atom stereocenters. The molecule has 2 N–H and O–H groups in total. The molecule has 0 unspecified atom stereocenters. The van der Waals surface area contributed by atoms with E-state index in [1.54, 1.807) is 25.4 Å². The minimum atomic E-state index is 0.598. The van der Waals surface area contributed by atoms with Gasteiger partial charge in [0.15, 0.2) is 0 Å². The Hall–Kier alpha value is -1.31. The van der Waals surface area contributed by atoms with Gasteiger partial charge in [0.05, 0.1) is 0 Å². The van der Waals surface area contributed by atoms with Gasteiger partial charge in [0.2, 0.25) is 0 Å². The molecule has 0 aromatic carbocycles. The molecule has 0 bridgehead atoms. The maximum atomic E-state index is 5.51. The Balaban J connectivity index is -0.000000266. The van der Waals surface area contributed by atoms with Crippen molar-refractivity contribution in [2.75, 3.05) is 7.05 Å². The van der Waals surface area contributed by atoms with Crippen LogP contribution in [0.1, 0.15) is 27.7 Å². The summed E-state index contributed by atoms with van der Waals surface area (Å²) in [5, 5.41) is 0. The van der Waals surface area contributed by atoms with E-state index in [0.717, 1.165) is 5.57 Å². The predicted molar refractivity (Wildman–Crippen MR) is 68.7 cm³/mol. The van der Waals surface area contributed by atoms with Gasteiger partial charge in [-0.05, 0) is 6.08 Å². The van der Waals surface area contributed by atoms with E-state index in [1.807, 2.05) is 27.7 Å². The summed E-state index contributed by atoms with van der Waals surface area (Å²) in [6.45, 7) is 15.1. The fraction of sp³-hybridized carbons (Fsp3) is 0.417. The quantitative estimate of drug-likeness (QED) is 0.545.